The Hall–Kier alpha value is -1.41. The van der Waals surface area contributed by atoms with Crippen molar-refractivity contribution in [1.29, 1.82) is 5.26 Å². The third-order valence-electron chi connectivity index (χ3n) is 3.37. The smallest absolute Gasteiger partial charge is 0.157 e. The van der Waals surface area contributed by atoms with E-state index in [0.717, 1.165) is 32.1 Å². The topological polar surface area (TPSA) is 70.8 Å². The molecule has 18 heavy (non-hydrogen) atoms. The summed E-state index contributed by atoms with van der Waals surface area (Å²) in [7, 11) is -3.10. The molecular formula is C13H16N2O2S. The van der Waals surface area contributed by atoms with Crippen LogP contribution in [0.25, 0.3) is 0 Å². The van der Waals surface area contributed by atoms with E-state index in [9.17, 15) is 8.42 Å². The van der Waals surface area contributed by atoms with Gasteiger partial charge in [-0.15, -0.1) is 0 Å². The van der Waals surface area contributed by atoms with Crippen molar-refractivity contribution in [2.75, 3.05) is 0 Å². The van der Waals surface area contributed by atoms with Crippen molar-refractivity contribution in [3.63, 3.8) is 0 Å². The molecule has 0 aliphatic heterocycles. The molecule has 1 saturated carbocycles. The first-order valence-electron chi connectivity index (χ1n) is 6.18. The van der Waals surface area contributed by atoms with Gasteiger partial charge in [0.15, 0.2) is 9.84 Å². The lowest BCUT2D eigenvalue weighted by molar-refractivity contribution is 0.483. The van der Waals surface area contributed by atoms with Crippen LogP contribution < -0.4 is 0 Å². The van der Waals surface area contributed by atoms with Gasteiger partial charge in [-0.25, -0.2) is 13.4 Å². The van der Waals surface area contributed by atoms with Gasteiger partial charge in [0.25, 0.3) is 0 Å². The number of hydrogen-bond donors (Lipinski definition) is 0. The summed E-state index contributed by atoms with van der Waals surface area (Å²) in [6, 6.07) is 5.15. The van der Waals surface area contributed by atoms with Crippen LogP contribution in [0.3, 0.4) is 0 Å². The first-order chi connectivity index (χ1) is 8.62. The van der Waals surface area contributed by atoms with Gasteiger partial charge in [0.2, 0.25) is 0 Å². The molecular weight excluding hydrogens is 248 g/mol. The summed E-state index contributed by atoms with van der Waals surface area (Å²) in [5.41, 5.74) is 0.929. The Morgan fingerprint density at radius 3 is 2.72 bits per heavy atom. The molecule has 0 atom stereocenters. The molecule has 0 spiro atoms. The summed E-state index contributed by atoms with van der Waals surface area (Å²) < 4.78 is 24.5. The Kier molecular flexibility index (Phi) is 3.97. The van der Waals surface area contributed by atoms with E-state index in [2.05, 4.69) is 4.98 Å². The highest BCUT2D eigenvalue weighted by molar-refractivity contribution is 7.91. The molecule has 1 heterocycles. The fourth-order valence-electron chi connectivity index (χ4n) is 2.40. The second kappa shape index (κ2) is 5.49. The van der Waals surface area contributed by atoms with Crippen molar-refractivity contribution in [2.45, 2.75) is 43.1 Å². The highest BCUT2D eigenvalue weighted by Crippen LogP contribution is 2.26. The molecule has 0 aromatic carbocycles. The number of hydrogen-bond acceptors (Lipinski definition) is 4. The van der Waals surface area contributed by atoms with Gasteiger partial charge in [-0.3, -0.25) is 0 Å². The van der Waals surface area contributed by atoms with Crippen molar-refractivity contribution < 1.29 is 8.42 Å². The lowest BCUT2D eigenvalue weighted by atomic mass is 10.0. The summed E-state index contributed by atoms with van der Waals surface area (Å²) in [5.74, 6) is 0.0227. The van der Waals surface area contributed by atoms with E-state index < -0.39 is 9.84 Å². The number of pyridine rings is 1. The van der Waals surface area contributed by atoms with Gasteiger partial charge in [-0.2, -0.15) is 5.26 Å². The summed E-state index contributed by atoms with van der Waals surface area (Å²) in [6.07, 6.45) is 6.19. The van der Waals surface area contributed by atoms with Gasteiger partial charge < -0.3 is 0 Å². The highest BCUT2D eigenvalue weighted by atomic mass is 32.2. The van der Waals surface area contributed by atoms with Crippen LogP contribution in [0.5, 0.6) is 0 Å². The Balaban J connectivity index is 2.14. The highest BCUT2D eigenvalue weighted by Gasteiger charge is 2.27. The molecule has 4 nitrogen and oxygen atoms in total. The summed E-state index contributed by atoms with van der Waals surface area (Å²) in [5, 5.41) is 8.54. The Bertz CT molecular complexity index is 555. The average Bonchev–Trinajstić information content (AvgIpc) is 2.39. The SMILES string of the molecule is N#Cc1cc(CS(=O)(=O)C2CCCCC2)ccn1. The number of aromatic nitrogens is 1. The fraction of sp³-hybridized carbons (Fsp3) is 0.538. The molecule has 2 rings (SSSR count). The molecule has 0 bridgehead atoms. The molecule has 0 amide bonds. The monoisotopic (exact) mass is 264 g/mol. The Morgan fingerprint density at radius 1 is 1.33 bits per heavy atom. The van der Waals surface area contributed by atoms with Crippen LogP contribution in [0.2, 0.25) is 0 Å². The summed E-state index contributed by atoms with van der Waals surface area (Å²) in [4.78, 5) is 3.84. The maximum Gasteiger partial charge on any atom is 0.157 e. The minimum atomic E-state index is -3.10. The predicted octanol–water partition coefficient (Wildman–Crippen LogP) is 2.20. The van der Waals surface area contributed by atoms with E-state index in [0.29, 0.717) is 5.56 Å². The van der Waals surface area contributed by atoms with E-state index in [1.165, 1.54) is 6.20 Å². The maximum absolute atomic E-state index is 12.3. The molecule has 5 heteroatoms. The molecule has 0 N–H and O–H groups in total. The van der Waals surface area contributed by atoms with Crippen LogP contribution in [-0.4, -0.2) is 18.7 Å². The third kappa shape index (κ3) is 3.08. The van der Waals surface area contributed by atoms with Crippen molar-refractivity contribution >= 4 is 9.84 Å². The Morgan fingerprint density at radius 2 is 2.06 bits per heavy atom. The molecule has 1 aromatic heterocycles. The van der Waals surface area contributed by atoms with Crippen molar-refractivity contribution in [1.82, 2.24) is 4.98 Å². The largest absolute Gasteiger partial charge is 0.246 e. The van der Waals surface area contributed by atoms with Crippen molar-refractivity contribution in [3.05, 3.63) is 29.6 Å². The van der Waals surface area contributed by atoms with Crippen LogP contribution in [0.1, 0.15) is 43.4 Å². The molecule has 0 saturated heterocycles. The van der Waals surface area contributed by atoms with Gasteiger partial charge in [0, 0.05) is 6.20 Å². The summed E-state index contributed by atoms with van der Waals surface area (Å²) in [6.45, 7) is 0. The quantitative estimate of drug-likeness (QED) is 0.839. The second-order valence-corrected chi connectivity index (χ2v) is 7.01. The molecule has 0 radical (unpaired) electrons. The zero-order chi connectivity index (χ0) is 13.0. The zero-order valence-corrected chi connectivity index (χ0v) is 11.0. The van der Waals surface area contributed by atoms with E-state index >= 15 is 0 Å². The second-order valence-electron chi connectivity index (χ2n) is 4.73. The number of nitrogens with zero attached hydrogens (tertiary/aromatic N) is 2. The van der Waals surface area contributed by atoms with Crippen LogP contribution in [0.4, 0.5) is 0 Å². The number of nitriles is 1. The van der Waals surface area contributed by atoms with Crippen molar-refractivity contribution in [2.24, 2.45) is 0 Å². The molecule has 1 aliphatic carbocycles. The van der Waals surface area contributed by atoms with Gasteiger partial charge in [0.05, 0.1) is 11.0 Å². The van der Waals surface area contributed by atoms with Crippen LogP contribution in [0.15, 0.2) is 18.3 Å². The number of sulfone groups is 1. The predicted molar refractivity (Wildman–Crippen MR) is 68.4 cm³/mol. The van der Waals surface area contributed by atoms with Crippen LogP contribution in [0, 0.1) is 11.3 Å². The lowest BCUT2D eigenvalue weighted by Gasteiger charge is -2.21. The van der Waals surface area contributed by atoms with Crippen LogP contribution in [-0.2, 0) is 15.6 Å². The van der Waals surface area contributed by atoms with Gasteiger partial charge in [0.1, 0.15) is 11.8 Å². The van der Waals surface area contributed by atoms with E-state index in [1.807, 2.05) is 6.07 Å². The minimum absolute atomic E-state index is 0.0227. The molecule has 1 fully saturated rings. The van der Waals surface area contributed by atoms with Crippen LogP contribution >= 0.6 is 0 Å². The first kappa shape index (κ1) is 13.0. The van der Waals surface area contributed by atoms with Gasteiger partial charge in [-0.1, -0.05) is 19.3 Å². The normalized spacial score (nSPS) is 17.3. The molecule has 96 valence electrons. The lowest BCUT2D eigenvalue weighted by Crippen LogP contribution is -2.25. The molecule has 1 aliphatic rings. The minimum Gasteiger partial charge on any atom is -0.246 e. The maximum atomic E-state index is 12.3. The van der Waals surface area contributed by atoms with E-state index in [4.69, 9.17) is 5.26 Å². The molecule has 0 unspecified atom stereocenters. The van der Waals surface area contributed by atoms with E-state index in [-0.39, 0.29) is 16.7 Å². The van der Waals surface area contributed by atoms with Gasteiger partial charge in [-0.05, 0) is 30.5 Å². The average molecular weight is 264 g/mol. The standard InChI is InChI=1S/C13H16N2O2S/c14-9-12-8-11(6-7-15-12)10-18(16,17)13-4-2-1-3-5-13/h6-8,13H,1-5,10H2. The first-order valence-corrected chi connectivity index (χ1v) is 7.90. The van der Waals surface area contributed by atoms with Crippen molar-refractivity contribution in [3.8, 4) is 6.07 Å². The fourth-order valence-corrected chi connectivity index (χ4v) is 4.33. The van der Waals surface area contributed by atoms with Gasteiger partial charge >= 0.3 is 0 Å². The summed E-state index contributed by atoms with van der Waals surface area (Å²) >= 11 is 0. The zero-order valence-electron chi connectivity index (χ0n) is 10.2. The third-order valence-corrected chi connectivity index (χ3v) is 5.59. The molecule has 1 aromatic rings. The number of rotatable bonds is 3. The Labute approximate surface area is 108 Å². The van der Waals surface area contributed by atoms with E-state index in [1.54, 1.807) is 12.1 Å².